The fraction of sp³-hybridized carbons (Fsp3) is 0.368. The van der Waals surface area contributed by atoms with Crippen LogP contribution in [0.1, 0.15) is 55.1 Å². The van der Waals surface area contributed by atoms with Crippen LogP contribution in [0.2, 0.25) is 0 Å². The van der Waals surface area contributed by atoms with Gasteiger partial charge in [-0.05, 0) is 94.2 Å². The number of amides is 1. The molecule has 0 spiro atoms. The number of pyridine rings is 2. The van der Waals surface area contributed by atoms with Gasteiger partial charge in [0.2, 0.25) is 0 Å². The summed E-state index contributed by atoms with van der Waals surface area (Å²) >= 11 is 0. The lowest BCUT2D eigenvalue weighted by Gasteiger charge is -2.62. The molecule has 1 saturated heterocycles. The average Bonchev–Trinajstić information content (AvgIpc) is 3.27. The van der Waals surface area contributed by atoms with Crippen molar-refractivity contribution >= 4 is 22.5 Å². The summed E-state index contributed by atoms with van der Waals surface area (Å²) < 4.78 is 0. The molecule has 6 heteroatoms. The second-order valence-electron chi connectivity index (χ2n) is 13.9. The maximum atomic E-state index is 14.8. The molecular formula is C38H40N4O2. The molecule has 1 aliphatic heterocycles. The largest absolute Gasteiger partial charge is 0.357 e. The number of nitrogens with one attached hydrogen (secondary N) is 1. The summed E-state index contributed by atoms with van der Waals surface area (Å²) in [5.74, 6) is 2.76. The number of ketones is 1. The summed E-state index contributed by atoms with van der Waals surface area (Å²) in [4.78, 5) is 39.0. The second-order valence-corrected chi connectivity index (χ2v) is 13.9. The maximum Gasteiger partial charge on any atom is 0.254 e. The number of rotatable bonds is 8. The third kappa shape index (κ3) is 5.00. The van der Waals surface area contributed by atoms with Gasteiger partial charge in [0.15, 0.2) is 5.78 Å². The zero-order chi connectivity index (χ0) is 30.5. The first-order valence-electron chi connectivity index (χ1n) is 15.9. The maximum absolute atomic E-state index is 14.8. The molecule has 3 saturated carbocycles. The Hall–Kier alpha value is -4.32. The van der Waals surface area contributed by atoms with Crippen LogP contribution in [0.3, 0.4) is 0 Å². The molecule has 3 heterocycles. The molecule has 4 fully saturated rings. The van der Waals surface area contributed by atoms with Crippen LogP contribution >= 0.6 is 0 Å². The molecule has 0 radical (unpaired) electrons. The molecule has 2 aromatic heterocycles. The van der Waals surface area contributed by atoms with E-state index in [0.29, 0.717) is 59.9 Å². The molecule has 4 unspecified atom stereocenters. The summed E-state index contributed by atoms with van der Waals surface area (Å²) in [6.45, 7) is 7.79. The Kier molecular flexibility index (Phi) is 7.11. The Morgan fingerprint density at radius 2 is 1.55 bits per heavy atom. The van der Waals surface area contributed by atoms with Gasteiger partial charge in [-0.1, -0.05) is 57.2 Å². The molecule has 1 N–H and O–H groups in total. The van der Waals surface area contributed by atoms with Gasteiger partial charge < -0.3 is 5.32 Å². The molecule has 4 atom stereocenters. The van der Waals surface area contributed by atoms with Gasteiger partial charge >= 0.3 is 0 Å². The molecule has 8 rings (SSSR count). The zero-order valence-electron chi connectivity index (χ0n) is 25.7. The number of benzene rings is 2. The Morgan fingerprint density at radius 3 is 2.16 bits per heavy atom. The van der Waals surface area contributed by atoms with Crippen LogP contribution < -0.4 is 5.32 Å². The Bertz CT molecular complexity index is 1690. The Morgan fingerprint density at radius 1 is 0.909 bits per heavy atom. The van der Waals surface area contributed by atoms with E-state index in [-0.39, 0.29) is 11.7 Å². The van der Waals surface area contributed by atoms with Crippen LogP contribution in [0.4, 0.5) is 0 Å². The normalized spacial score (nSPS) is 25.9. The van der Waals surface area contributed by atoms with Gasteiger partial charge in [-0.3, -0.25) is 24.5 Å². The standard InChI is InChI=1S/C38H40N4O2/c1-25-31(19-32-20-33(25)37(32,2)3)24-42-35(21-34(43)30-9-8-28-6-4-5-7-29(28)18-30)41-38(36(42)44,22-26-10-14-39-15-11-26)23-27-12-16-40-17-13-27/h4-18,21,25,31-33,41H,19-20,22-24H2,1-3H3. The van der Waals surface area contributed by atoms with Crippen molar-refractivity contribution in [2.24, 2.45) is 29.1 Å². The number of allylic oxidation sites excluding steroid dienone is 1. The number of nitrogens with zero attached hydrogens (tertiary/aromatic N) is 3. The molecule has 224 valence electrons. The lowest BCUT2D eigenvalue weighted by Crippen LogP contribution is -2.57. The first-order chi connectivity index (χ1) is 21.2. The minimum absolute atomic E-state index is 0.0226. The average molecular weight is 585 g/mol. The van der Waals surface area contributed by atoms with Crippen LogP contribution in [-0.4, -0.2) is 38.6 Å². The minimum Gasteiger partial charge on any atom is -0.357 e. The van der Waals surface area contributed by atoms with Gasteiger partial charge in [0.05, 0.1) is 0 Å². The summed E-state index contributed by atoms with van der Waals surface area (Å²) in [6.07, 6.45) is 12.1. The molecule has 1 amide bonds. The molecule has 6 nitrogen and oxygen atoms in total. The van der Waals surface area contributed by atoms with Gasteiger partial charge in [-0.2, -0.15) is 0 Å². The molecular weight excluding hydrogens is 544 g/mol. The van der Waals surface area contributed by atoms with E-state index in [1.807, 2.05) is 71.6 Å². The highest BCUT2D eigenvalue weighted by Crippen LogP contribution is 2.63. The van der Waals surface area contributed by atoms with E-state index in [1.54, 1.807) is 30.9 Å². The summed E-state index contributed by atoms with van der Waals surface area (Å²) in [6, 6.07) is 21.7. The van der Waals surface area contributed by atoms with Crippen molar-refractivity contribution in [3.63, 3.8) is 0 Å². The van der Waals surface area contributed by atoms with Crippen molar-refractivity contribution in [1.29, 1.82) is 0 Å². The van der Waals surface area contributed by atoms with Gasteiger partial charge in [-0.25, -0.2) is 0 Å². The van der Waals surface area contributed by atoms with E-state index in [4.69, 9.17) is 0 Å². The van der Waals surface area contributed by atoms with E-state index in [2.05, 4.69) is 36.1 Å². The second kappa shape index (κ2) is 11.0. The van der Waals surface area contributed by atoms with Crippen molar-refractivity contribution in [3.05, 3.63) is 120 Å². The van der Waals surface area contributed by atoms with Crippen LogP contribution in [0.25, 0.3) is 10.8 Å². The van der Waals surface area contributed by atoms with E-state index in [9.17, 15) is 9.59 Å². The van der Waals surface area contributed by atoms with Crippen molar-refractivity contribution in [2.45, 2.75) is 52.0 Å². The van der Waals surface area contributed by atoms with Gasteiger partial charge in [0, 0.05) is 55.8 Å². The molecule has 4 aromatic rings. The van der Waals surface area contributed by atoms with Crippen molar-refractivity contribution in [2.75, 3.05) is 6.54 Å². The predicted molar refractivity (Wildman–Crippen MR) is 172 cm³/mol. The highest BCUT2D eigenvalue weighted by atomic mass is 16.2. The fourth-order valence-corrected chi connectivity index (χ4v) is 8.31. The summed E-state index contributed by atoms with van der Waals surface area (Å²) in [5.41, 5.74) is 2.07. The van der Waals surface area contributed by atoms with Crippen molar-refractivity contribution < 1.29 is 9.59 Å². The molecule has 44 heavy (non-hydrogen) atoms. The number of fused-ring (bicyclic) bond motifs is 3. The highest BCUT2D eigenvalue weighted by Gasteiger charge is 2.57. The van der Waals surface area contributed by atoms with Crippen LogP contribution in [0.15, 0.2) is 103 Å². The first kappa shape index (κ1) is 28.5. The lowest BCUT2D eigenvalue weighted by molar-refractivity contribution is -0.142. The van der Waals surface area contributed by atoms with Gasteiger partial charge in [0.25, 0.3) is 5.91 Å². The van der Waals surface area contributed by atoms with E-state index < -0.39 is 5.54 Å². The SMILES string of the molecule is CC1C(CN2C(=O)C(Cc3ccncc3)(Cc3ccncc3)NC2=CC(=O)c2ccc3ccccc3c2)CC2CC1C2(C)C. The van der Waals surface area contributed by atoms with Crippen molar-refractivity contribution in [3.8, 4) is 0 Å². The van der Waals surface area contributed by atoms with Crippen LogP contribution in [0, 0.1) is 29.1 Å². The topological polar surface area (TPSA) is 75.2 Å². The van der Waals surface area contributed by atoms with E-state index in [0.717, 1.165) is 28.3 Å². The smallest absolute Gasteiger partial charge is 0.254 e. The molecule has 2 bridgehead atoms. The number of aromatic nitrogens is 2. The number of hydrogen-bond acceptors (Lipinski definition) is 5. The third-order valence-electron chi connectivity index (χ3n) is 11.1. The van der Waals surface area contributed by atoms with Gasteiger partial charge in [0.1, 0.15) is 11.4 Å². The summed E-state index contributed by atoms with van der Waals surface area (Å²) in [5, 5.41) is 5.77. The number of hydrogen-bond donors (Lipinski definition) is 1. The van der Waals surface area contributed by atoms with Crippen LogP contribution in [-0.2, 0) is 17.6 Å². The summed E-state index contributed by atoms with van der Waals surface area (Å²) in [7, 11) is 0. The molecule has 2 aromatic carbocycles. The number of carbonyl (C=O) groups is 2. The lowest BCUT2D eigenvalue weighted by atomic mass is 9.43. The minimum atomic E-state index is -0.946. The quantitative estimate of drug-likeness (QED) is 0.186. The van der Waals surface area contributed by atoms with E-state index in [1.165, 1.54) is 6.42 Å². The first-order valence-corrected chi connectivity index (χ1v) is 15.9. The Labute approximate surface area is 259 Å². The highest BCUT2D eigenvalue weighted by molar-refractivity contribution is 6.08. The van der Waals surface area contributed by atoms with Crippen molar-refractivity contribution in [1.82, 2.24) is 20.2 Å². The zero-order valence-corrected chi connectivity index (χ0v) is 25.7. The monoisotopic (exact) mass is 584 g/mol. The predicted octanol–water partition coefficient (Wildman–Crippen LogP) is 6.63. The van der Waals surface area contributed by atoms with Gasteiger partial charge in [-0.15, -0.1) is 0 Å². The molecule has 4 aliphatic rings. The van der Waals surface area contributed by atoms with E-state index >= 15 is 0 Å². The molecule has 3 aliphatic carbocycles. The fourth-order valence-electron chi connectivity index (χ4n) is 8.31. The van der Waals surface area contributed by atoms with Crippen LogP contribution in [0.5, 0.6) is 0 Å². The number of carbonyl (C=O) groups excluding carboxylic acids is 2. The Balaban J connectivity index is 1.27. The third-order valence-corrected chi connectivity index (χ3v) is 11.1.